The van der Waals surface area contributed by atoms with E-state index in [-0.39, 0.29) is 23.4 Å². The number of phenolic OH excluding ortho intramolecular Hbond substituents is 2. The van der Waals surface area contributed by atoms with Crippen LogP contribution in [0.5, 0.6) is 17.2 Å². The Morgan fingerprint density at radius 2 is 1.93 bits per heavy atom. The Morgan fingerprint density at radius 3 is 2.61 bits per heavy atom. The minimum atomic E-state index is -0.528. The third-order valence-corrected chi connectivity index (χ3v) is 5.43. The van der Waals surface area contributed by atoms with Crippen LogP contribution in [0.25, 0.3) is 0 Å². The number of aryl methyl sites for hydroxylation is 2. The van der Waals surface area contributed by atoms with Gasteiger partial charge in [0.25, 0.3) is 5.91 Å². The lowest BCUT2D eigenvalue weighted by atomic mass is 9.87. The van der Waals surface area contributed by atoms with Crippen LogP contribution >= 0.6 is 0 Å². The second-order valence-electron chi connectivity index (χ2n) is 7.64. The minimum absolute atomic E-state index is 0.00938. The number of carbonyl (C=O) groups excluding carboxylic acids is 1. The molecule has 3 rings (SSSR count). The highest BCUT2D eigenvalue weighted by Gasteiger charge is 2.27. The molecule has 0 spiro atoms. The number of para-hydroxylation sites is 1. The first-order valence-electron chi connectivity index (χ1n) is 9.96. The molecule has 1 aliphatic carbocycles. The fourth-order valence-corrected chi connectivity index (χ4v) is 3.87. The van der Waals surface area contributed by atoms with Crippen molar-refractivity contribution in [2.75, 3.05) is 0 Å². The molecule has 2 atom stereocenters. The van der Waals surface area contributed by atoms with Gasteiger partial charge in [0.15, 0.2) is 17.6 Å². The predicted octanol–water partition coefficient (Wildman–Crippen LogP) is 3.94. The molecular weight excluding hydrogens is 354 g/mol. The zero-order valence-corrected chi connectivity index (χ0v) is 16.8. The van der Waals surface area contributed by atoms with E-state index < -0.39 is 6.10 Å². The topological polar surface area (TPSA) is 78.8 Å². The van der Waals surface area contributed by atoms with Crippen LogP contribution < -0.4 is 10.1 Å². The lowest BCUT2D eigenvalue weighted by Crippen LogP contribution is -2.46. The molecule has 1 aliphatic rings. The summed E-state index contributed by atoms with van der Waals surface area (Å²) in [5, 5.41) is 22.8. The first-order chi connectivity index (χ1) is 13.4. The van der Waals surface area contributed by atoms with Crippen molar-refractivity contribution in [2.24, 2.45) is 0 Å². The maximum Gasteiger partial charge on any atom is 0.261 e. The van der Waals surface area contributed by atoms with Gasteiger partial charge in [-0.3, -0.25) is 4.79 Å². The largest absolute Gasteiger partial charge is 0.504 e. The highest BCUT2D eigenvalue weighted by atomic mass is 16.5. The molecule has 0 heterocycles. The summed E-state index contributed by atoms with van der Waals surface area (Å²) < 4.78 is 6.14. The van der Waals surface area contributed by atoms with E-state index in [0.717, 1.165) is 40.8 Å². The molecule has 5 nitrogen and oxygen atoms in total. The number of phenols is 2. The van der Waals surface area contributed by atoms with Gasteiger partial charge in [0, 0.05) is 11.6 Å². The number of amides is 1. The van der Waals surface area contributed by atoms with Crippen LogP contribution in [0.3, 0.4) is 0 Å². The van der Waals surface area contributed by atoms with Gasteiger partial charge in [0.2, 0.25) is 0 Å². The van der Waals surface area contributed by atoms with Crippen LogP contribution in [0.15, 0.2) is 30.3 Å². The summed E-state index contributed by atoms with van der Waals surface area (Å²) in [5.74, 6) is 0.558. The quantitative estimate of drug-likeness (QED) is 0.660. The first kappa shape index (κ1) is 20.1. The molecule has 0 saturated heterocycles. The lowest BCUT2D eigenvalue weighted by molar-refractivity contribution is -0.129. The number of carbonyl (C=O) groups is 1. The maximum atomic E-state index is 12.9. The fraction of sp³-hybridized carbons (Fsp3) is 0.435. The average Bonchev–Trinajstić information content (AvgIpc) is 2.67. The van der Waals surface area contributed by atoms with E-state index in [0.29, 0.717) is 19.3 Å². The fourth-order valence-electron chi connectivity index (χ4n) is 3.87. The van der Waals surface area contributed by atoms with Crippen molar-refractivity contribution in [3.05, 3.63) is 52.6 Å². The van der Waals surface area contributed by atoms with Gasteiger partial charge in [-0.05, 0) is 62.3 Å². The molecule has 150 valence electrons. The van der Waals surface area contributed by atoms with Gasteiger partial charge in [-0.15, -0.1) is 0 Å². The number of nitrogens with one attached hydrogen (secondary N) is 1. The highest BCUT2D eigenvalue weighted by molar-refractivity contribution is 5.81. The van der Waals surface area contributed by atoms with Crippen molar-refractivity contribution in [1.29, 1.82) is 0 Å². The number of aromatic hydroxyl groups is 2. The molecule has 0 radical (unpaired) electrons. The Kier molecular flexibility index (Phi) is 6.12. The number of benzene rings is 2. The SMILES string of the molecule is CCCC(Oc1c(C)cccc1C)C(=O)NC1CCc2c(ccc(O)c2O)C1. The Morgan fingerprint density at radius 1 is 1.21 bits per heavy atom. The molecule has 0 saturated carbocycles. The Labute approximate surface area is 166 Å². The third-order valence-electron chi connectivity index (χ3n) is 5.43. The first-order valence-corrected chi connectivity index (χ1v) is 9.96. The second kappa shape index (κ2) is 8.55. The van der Waals surface area contributed by atoms with E-state index in [9.17, 15) is 15.0 Å². The smallest absolute Gasteiger partial charge is 0.261 e. The molecule has 0 bridgehead atoms. The van der Waals surface area contributed by atoms with E-state index in [1.165, 1.54) is 6.07 Å². The van der Waals surface area contributed by atoms with Crippen molar-refractivity contribution in [1.82, 2.24) is 5.32 Å². The molecule has 3 N–H and O–H groups in total. The summed E-state index contributed by atoms with van der Waals surface area (Å²) in [6.45, 7) is 6.02. The molecule has 0 aliphatic heterocycles. The molecule has 1 amide bonds. The summed E-state index contributed by atoms with van der Waals surface area (Å²) in [6, 6.07) is 9.28. The van der Waals surface area contributed by atoms with E-state index in [4.69, 9.17) is 4.74 Å². The van der Waals surface area contributed by atoms with Crippen molar-refractivity contribution in [3.63, 3.8) is 0 Å². The van der Waals surface area contributed by atoms with Gasteiger partial charge in [-0.1, -0.05) is 37.6 Å². The molecular formula is C23H29NO4. The second-order valence-corrected chi connectivity index (χ2v) is 7.64. The van der Waals surface area contributed by atoms with Gasteiger partial charge in [0.05, 0.1) is 0 Å². The van der Waals surface area contributed by atoms with Crippen molar-refractivity contribution in [2.45, 2.75) is 65.0 Å². The van der Waals surface area contributed by atoms with E-state index in [1.807, 2.05) is 45.0 Å². The minimum Gasteiger partial charge on any atom is -0.504 e. The van der Waals surface area contributed by atoms with Crippen LogP contribution in [0.4, 0.5) is 0 Å². The summed E-state index contributed by atoms with van der Waals surface area (Å²) >= 11 is 0. The predicted molar refractivity (Wildman–Crippen MR) is 109 cm³/mol. The van der Waals surface area contributed by atoms with Crippen LogP contribution in [0.1, 0.15) is 48.4 Å². The molecule has 2 aromatic rings. The average molecular weight is 383 g/mol. The Hall–Kier alpha value is -2.69. The standard InChI is InChI=1S/C23H29NO4/c1-4-6-20(28-22-14(2)7-5-8-15(22)3)23(27)24-17-10-11-18-16(13-17)9-12-19(25)21(18)26/h5,7-9,12,17,20,25-26H,4,6,10-11,13H2,1-3H3,(H,24,27). The monoisotopic (exact) mass is 383 g/mol. The number of fused-ring (bicyclic) bond motifs is 1. The number of hydrogen-bond acceptors (Lipinski definition) is 4. The lowest BCUT2D eigenvalue weighted by Gasteiger charge is -2.28. The maximum absolute atomic E-state index is 12.9. The molecule has 2 aromatic carbocycles. The van der Waals surface area contributed by atoms with Gasteiger partial charge < -0.3 is 20.3 Å². The summed E-state index contributed by atoms with van der Waals surface area (Å²) in [5.41, 5.74) is 3.79. The molecule has 28 heavy (non-hydrogen) atoms. The Balaban J connectivity index is 1.70. The molecule has 2 unspecified atom stereocenters. The summed E-state index contributed by atoms with van der Waals surface area (Å²) in [4.78, 5) is 12.9. The van der Waals surface area contributed by atoms with Gasteiger partial charge in [0.1, 0.15) is 5.75 Å². The number of ether oxygens (including phenoxy) is 1. The highest BCUT2D eigenvalue weighted by Crippen LogP contribution is 2.35. The van der Waals surface area contributed by atoms with E-state index >= 15 is 0 Å². The normalized spacial score (nSPS) is 16.9. The Bertz CT molecular complexity index is 842. The molecule has 0 aromatic heterocycles. The van der Waals surface area contributed by atoms with E-state index in [1.54, 1.807) is 0 Å². The molecule has 0 fully saturated rings. The van der Waals surface area contributed by atoms with Gasteiger partial charge >= 0.3 is 0 Å². The van der Waals surface area contributed by atoms with Gasteiger partial charge in [-0.25, -0.2) is 0 Å². The van der Waals surface area contributed by atoms with Crippen molar-refractivity contribution < 1.29 is 19.7 Å². The zero-order chi connectivity index (χ0) is 20.3. The van der Waals surface area contributed by atoms with E-state index in [2.05, 4.69) is 5.32 Å². The van der Waals surface area contributed by atoms with Crippen LogP contribution in [0.2, 0.25) is 0 Å². The number of rotatable bonds is 6. The van der Waals surface area contributed by atoms with Crippen molar-refractivity contribution in [3.8, 4) is 17.2 Å². The zero-order valence-electron chi connectivity index (χ0n) is 16.8. The van der Waals surface area contributed by atoms with Crippen LogP contribution in [-0.2, 0) is 17.6 Å². The third kappa shape index (κ3) is 4.24. The van der Waals surface area contributed by atoms with Crippen LogP contribution in [-0.4, -0.2) is 28.3 Å². The van der Waals surface area contributed by atoms with Crippen molar-refractivity contribution >= 4 is 5.91 Å². The van der Waals surface area contributed by atoms with Gasteiger partial charge in [-0.2, -0.15) is 0 Å². The summed E-state index contributed by atoms with van der Waals surface area (Å²) in [7, 11) is 0. The van der Waals surface area contributed by atoms with Crippen LogP contribution in [0, 0.1) is 13.8 Å². The summed E-state index contributed by atoms with van der Waals surface area (Å²) in [6.07, 6.45) is 2.95. The molecule has 5 heteroatoms. The number of hydrogen-bond donors (Lipinski definition) is 3.